The summed E-state index contributed by atoms with van der Waals surface area (Å²) in [5, 5.41) is 16.1. The molecule has 0 aliphatic carbocycles. The van der Waals surface area contributed by atoms with Crippen LogP contribution in [0.15, 0.2) is 53.1 Å². The standard InChI is InChI=1S/C24H22ClN3O4S/c1-13-4-7-15(8-5-13)20-17(11-26)23(28-22(30)21(20)24(31)32-3)33-12-19(29)27-18-10-16(25)9-6-14(18)2/h4-10,20-21H,12H2,1-3H3,(H,27,29)(H,28,30)/t20-,21+/m0/s1. The van der Waals surface area contributed by atoms with Gasteiger partial charge in [-0.2, -0.15) is 5.26 Å². The molecule has 33 heavy (non-hydrogen) atoms. The number of nitrogens with one attached hydrogen (secondary N) is 2. The summed E-state index contributed by atoms with van der Waals surface area (Å²) < 4.78 is 4.84. The van der Waals surface area contributed by atoms with E-state index in [1.54, 1.807) is 30.3 Å². The largest absolute Gasteiger partial charge is 0.468 e. The molecule has 0 radical (unpaired) electrons. The maximum atomic E-state index is 12.9. The molecule has 170 valence electrons. The van der Waals surface area contributed by atoms with Crippen molar-refractivity contribution < 1.29 is 19.1 Å². The molecule has 0 fully saturated rings. The number of methoxy groups -OCH3 is 1. The molecule has 2 atom stereocenters. The summed E-state index contributed by atoms with van der Waals surface area (Å²) in [5.74, 6) is -3.73. The maximum absolute atomic E-state index is 12.9. The molecule has 2 aromatic rings. The highest BCUT2D eigenvalue weighted by molar-refractivity contribution is 8.03. The van der Waals surface area contributed by atoms with Gasteiger partial charge < -0.3 is 15.4 Å². The van der Waals surface area contributed by atoms with E-state index < -0.39 is 23.7 Å². The highest BCUT2D eigenvalue weighted by Crippen LogP contribution is 2.40. The van der Waals surface area contributed by atoms with Crippen molar-refractivity contribution in [2.45, 2.75) is 19.8 Å². The fourth-order valence-electron chi connectivity index (χ4n) is 3.51. The first-order valence-corrected chi connectivity index (χ1v) is 11.4. The molecule has 0 aromatic heterocycles. The molecule has 7 nitrogen and oxygen atoms in total. The van der Waals surface area contributed by atoms with Crippen LogP contribution in [0.4, 0.5) is 5.69 Å². The fraction of sp³-hybridized carbons (Fsp3) is 0.250. The van der Waals surface area contributed by atoms with Crippen molar-refractivity contribution in [2.75, 3.05) is 18.2 Å². The van der Waals surface area contributed by atoms with Crippen molar-refractivity contribution in [1.82, 2.24) is 5.32 Å². The second-order valence-electron chi connectivity index (χ2n) is 7.53. The molecular formula is C24H22ClN3O4S. The molecule has 0 saturated carbocycles. The molecular weight excluding hydrogens is 462 g/mol. The average molecular weight is 484 g/mol. The van der Waals surface area contributed by atoms with Crippen LogP contribution < -0.4 is 10.6 Å². The van der Waals surface area contributed by atoms with Crippen LogP contribution in [0, 0.1) is 31.1 Å². The smallest absolute Gasteiger partial charge is 0.319 e. The zero-order valence-electron chi connectivity index (χ0n) is 18.3. The lowest BCUT2D eigenvalue weighted by Gasteiger charge is -2.31. The number of anilines is 1. The maximum Gasteiger partial charge on any atom is 0.319 e. The normalized spacial score (nSPS) is 17.7. The number of nitrogens with zero attached hydrogens (tertiary/aromatic N) is 1. The summed E-state index contributed by atoms with van der Waals surface area (Å²) in [7, 11) is 1.20. The predicted octanol–water partition coefficient (Wildman–Crippen LogP) is 4.07. The van der Waals surface area contributed by atoms with Crippen LogP contribution >= 0.6 is 23.4 Å². The molecule has 0 saturated heterocycles. The first-order chi connectivity index (χ1) is 15.7. The van der Waals surface area contributed by atoms with E-state index in [1.165, 1.54) is 7.11 Å². The number of carbonyl (C=O) groups is 3. The lowest BCUT2D eigenvalue weighted by Crippen LogP contribution is -2.44. The van der Waals surface area contributed by atoms with Crippen molar-refractivity contribution in [3.63, 3.8) is 0 Å². The van der Waals surface area contributed by atoms with Crippen molar-refractivity contribution in [2.24, 2.45) is 5.92 Å². The second-order valence-corrected chi connectivity index (χ2v) is 8.95. The van der Waals surface area contributed by atoms with E-state index in [1.807, 2.05) is 26.0 Å². The molecule has 0 spiro atoms. The Balaban J connectivity index is 1.89. The summed E-state index contributed by atoms with van der Waals surface area (Å²) in [6, 6.07) is 14.5. The van der Waals surface area contributed by atoms with Crippen LogP contribution in [-0.4, -0.2) is 30.6 Å². The van der Waals surface area contributed by atoms with E-state index in [2.05, 4.69) is 16.7 Å². The highest BCUT2D eigenvalue weighted by atomic mass is 35.5. The Kier molecular flexibility index (Phi) is 7.79. The van der Waals surface area contributed by atoms with E-state index in [0.29, 0.717) is 16.3 Å². The molecule has 2 N–H and O–H groups in total. The Hall–Kier alpha value is -3.28. The first kappa shape index (κ1) is 24.4. The van der Waals surface area contributed by atoms with Gasteiger partial charge in [-0.15, -0.1) is 0 Å². The van der Waals surface area contributed by atoms with Gasteiger partial charge in [0.2, 0.25) is 11.8 Å². The van der Waals surface area contributed by atoms with Gasteiger partial charge in [0.05, 0.1) is 29.5 Å². The van der Waals surface area contributed by atoms with Gasteiger partial charge in [-0.25, -0.2) is 0 Å². The lowest BCUT2D eigenvalue weighted by molar-refractivity contribution is -0.150. The average Bonchev–Trinajstić information content (AvgIpc) is 2.79. The number of ether oxygens (including phenoxy) is 1. The van der Waals surface area contributed by atoms with Gasteiger partial charge in [0, 0.05) is 16.6 Å². The third-order valence-corrected chi connectivity index (χ3v) is 6.49. The lowest BCUT2D eigenvalue weighted by atomic mass is 9.78. The van der Waals surface area contributed by atoms with Crippen LogP contribution in [0.25, 0.3) is 0 Å². The van der Waals surface area contributed by atoms with Crippen LogP contribution in [0.3, 0.4) is 0 Å². The first-order valence-electron chi connectivity index (χ1n) is 10.0. The van der Waals surface area contributed by atoms with Crippen molar-refractivity contribution in [3.8, 4) is 6.07 Å². The van der Waals surface area contributed by atoms with E-state index in [9.17, 15) is 19.6 Å². The molecule has 2 amide bonds. The zero-order chi connectivity index (χ0) is 24.1. The second kappa shape index (κ2) is 10.6. The summed E-state index contributed by atoms with van der Waals surface area (Å²) in [4.78, 5) is 37.8. The number of nitriles is 1. The van der Waals surface area contributed by atoms with Gasteiger partial charge in [0.25, 0.3) is 0 Å². The van der Waals surface area contributed by atoms with Crippen LogP contribution in [-0.2, 0) is 19.1 Å². The van der Waals surface area contributed by atoms with E-state index >= 15 is 0 Å². The molecule has 1 aliphatic rings. The molecule has 1 heterocycles. The minimum Gasteiger partial charge on any atom is -0.468 e. The van der Waals surface area contributed by atoms with E-state index in [-0.39, 0.29) is 22.3 Å². The number of hydrogen-bond donors (Lipinski definition) is 2. The number of thioether (sulfide) groups is 1. The Morgan fingerprint density at radius 1 is 1.21 bits per heavy atom. The van der Waals surface area contributed by atoms with E-state index in [0.717, 1.165) is 22.9 Å². The number of halogens is 1. The number of benzene rings is 2. The number of amides is 2. The quantitative estimate of drug-likeness (QED) is 0.473. The zero-order valence-corrected chi connectivity index (χ0v) is 19.8. The van der Waals surface area contributed by atoms with E-state index in [4.69, 9.17) is 16.3 Å². The topological polar surface area (TPSA) is 108 Å². The van der Waals surface area contributed by atoms with Crippen molar-refractivity contribution in [3.05, 3.63) is 74.8 Å². The Morgan fingerprint density at radius 2 is 1.91 bits per heavy atom. The molecule has 9 heteroatoms. The number of allylic oxidation sites excluding steroid dienone is 1. The Morgan fingerprint density at radius 3 is 2.55 bits per heavy atom. The van der Waals surface area contributed by atoms with Crippen LogP contribution in [0.2, 0.25) is 5.02 Å². The third-order valence-electron chi connectivity index (χ3n) is 5.24. The number of hydrogen-bond acceptors (Lipinski definition) is 6. The van der Waals surface area contributed by atoms with Gasteiger partial charge in [0.1, 0.15) is 5.92 Å². The number of esters is 1. The molecule has 1 aliphatic heterocycles. The summed E-state index contributed by atoms with van der Waals surface area (Å²) in [6.45, 7) is 3.76. The van der Waals surface area contributed by atoms with Gasteiger partial charge >= 0.3 is 5.97 Å². The molecule has 2 aromatic carbocycles. The van der Waals surface area contributed by atoms with Crippen molar-refractivity contribution in [1.29, 1.82) is 5.26 Å². The number of carbonyl (C=O) groups excluding carboxylic acids is 3. The summed E-state index contributed by atoms with van der Waals surface area (Å²) in [5.41, 5.74) is 3.27. The Labute approximate surface area is 201 Å². The predicted molar refractivity (Wildman–Crippen MR) is 127 cm³/mol. The number of rotatable bonds is 6. The molecule has 0 bridgehead atoms. The van der Waals surface area contributed by atoms with Crippen LogP contribution in [0.1, 0.15) is 22.6 Å². The fourth-order valence-corrected chi connectivity index (χ4v) is 4.53. The van der Waals surface area contributed by atoms with Gasteiger partial charge in [0.15, 0.2) is 0 Å². The number of aryl methyl sites for hydroxylation is 2. The van der Waals surface area contributed by atoms with Gasteiger partial charge in [-0.3, -0.25) is 14.4 Å². The Bertz CT molecular complexity index is 1170. The minimum absolute atomic E-state index is 0.0593. The SMILES string of the molecule is COC(=O)[C@H]1C(=O)NC(SCC(=O)Nc2cc(Cl)ccc2C)=C(C#N)[C@@H]1c1ccc(C)cc1. The van der Waals surface area contributed by atoms with Gasteiger partial charge in [-0.1, -0.05) is 59.3 Å². The molecule has 0 unspecified atom stereocenters. The van der Waals surface area contributed by atoms with Crippen LogP contribution in [0.5, 0.6) is 0 Å². The summed E-state index contributed by atoms with van der Waals surface area (Å²) >= 11 is 7.03. The highest BCUT2D eigenvalue weighted by Gasteiger charge is 2.44. The molecule has 3 rings (SSSR count). The third kappa shape index (κ3) is 5.56. The monoisotopic (exact) mass is 483 g/mol. The van der Waals surface area contributed by atoms with Crippen molar-refractivity contribution >= 4 is 46.8 Å². The van der Waals surface area contributed by atoms with Gasteiger partial charge in [-0.05, 0) is 37.1 Å². The minimum atomic E-state index is -1.21. The summed E-state index contributed by atoms with van der Waals surface area (Å²) in [6.07, 6.45) is 0.